The molecule has 1 heterocycles. The fraction of sp³-hybridized carbons (Fsp3) is 0.250. The molecule has 9 heteroatoms. The van der Waals surface area contributed by atoms with Gasteiger partial charge in [-0.25, -0.2) is 9.97 Å². The van der Waals surface area contributed by atoms with Crippen LogP contribution in [0.2, 0.25) is 0 Å². The molecule has 0 fully saturated rings. The van der Waals surface area contributed by atoms with Crippen molar-refractivity contribution in [1.82, 2.24) is 9.97 Å². The molecule has 2 aromatic rings. The molecular formula is C16H17F2N5O2. The largest absolute Gasteiger partial charge is 0.457 e. The number of rotatable bonds is 7. The molecule has 0 aliphatic rings. The van der Waals surface area contributed by atoms with Crippen molar-refractivity contribution in [2.75, 3.05) is 6.61 Å². The topological polar surface area (TPSA) is 95.0 Å². The van der Waals surface area contributed by atoms with Gasteiger partial charge in [0.25, 0.3) is 0 Å². The number of aromatic nitrogens is 2. The SMILES string of the molecule is Cc1ccnc(OCC(C=Nc2ccc(C)c(OC(F)F)c2)=NN)n1. The normalized spacial score (nSPS) is 12.0. The number of hydrazone groups is 1. The molecule has 7 nitrogen and oxygen atoms in total. The summed E-state index contributed by atoms with van der Waals surface area (Å²) in [5, 5.41) is 3.56. The number of benzene rings is 1. The molecule has 0 atom stereocenters. The maximum atomic E-state index is 12.4. The minimum absolute atomic E-state index is 0.00963. The van der Waals surface area contributed by atoms with E-state index in [1.165, 1.54) is 12.3 Å². The molecule has 0 spiro atoms. The lowest BCUT2D eigenvalue weighted by atomic mass is 10.2. The standard InChI is InChI=1S/C16H17F2N5O2/c1-10-3-4-12(7-14(10)25-15(17)18)21-8-13(23-19)9-24-16-20-6-5-11(2)22-16/h3-8,15H,9,19H2,1-2H3. The van der Waals surface area contributed by atoms with Crippen molar-refractivity contribution in [1.29, 1.82) is 0 Å². The molecule has 25 heavy (non-hydrogen) atoms. The average Bonchev–Trinajstić information content (AvgIpc) is 2.57. The molecule has 0 aliphatic carbocycles. The van der Waals surface area contributed by atoms with E-state index in [0.717, 1.165) is 5.69 Å². The van der Waals surface area contributed by atoms with E-state index >= 15 is 0 Å². The molecule has 0 saturated carbocycles. The van der Waals surface area contributed by atoms with Crippen molar-refractivity contribution in [3.05, 3.63) is 41.7 Å². The summed E-state index contributed by atoms with van der Waals surface area (Å²) in [4.78, 5) is 12.2. The van der Waals surface area contributed by atoms with Crippen molar-refractivity contribution in [2.24, 2.45) is 15.9 Å². The van der Waals surface area contributed by atoms with Crippen LogP contribution < -0.4 is 15.3 Å². The fourth-order valence-corrected chi connectivity index (χ4v) is 1.78. The van der Waals surface area contributed by atoms with Gasteiger partial charge in [-0.3, -0.25) is 4.99 Å². The molecule has 0 amide bonds. The zero-order valence-corrected chi connectivity index (χ0v) is 13.7. The van der Waals surface area contributed by atoms with Crippen molar-refractivity contribution in [3.63, 3.8) is 0 Å². The van der Waals surface area contributed by atoms with Crippen LogP contribution in [0.5, 0.6) is 11.8 Å². The van der Waals surface area contributed by atoms with E-state index in [2.05, 4.69) is 24.8 Å². The van der Waals surface area contributed by atoms with E-state index in [1.54, 1.807) is 31.3 Å². The number of nitrogens with zero attached hydrogens (tertiary/aromatic N) is 4. The van der Waals surface area contributed by atoms with Gasteiger partial charge in [0, 0.05) is 18.0 Å². The Morgan fingerprint density at radius 2 is 2.12 bits per heavy atom. The minimum Gasteiger partial charge on any atom is -0.457 e. The third-order valence-electron chi connectivity index (χ3n) is 3.04. The van der Waals surface area contributed by atoms with Gasteiger partial charge in [0.15, 0.2) is 0 Å². The lowest BCUT2D eigenvalue weighted by Gasteiger charge is -2.08. The summed E-state index contributed by atoms with van der Waals surface area (Å²) in [7, 11) is 0. The Morgan fingerprint density at radius 3 is 2.80 bits per heavy atom. The number of halogens is 2. The van der Waals surface area contributed by atoms with E-state index in [0.29, 0.717) is 17.0 Å². The number of nitrogens with two attached hydrogens (primary N) is 1. The van der Waals surface area contributed by atoms with Crippen molar-refractivity contribution in [3.8, 4) is 11.8 Å². The lowest BCUT2D eigenvalue weighted by molar-refractivity contribution is -0.0502. The van der Waals surface area contributed by atoms with E-state index in [9.17, 15) is 8.78 Å². The highest BCUT2D eigenvalue weighted by Crippen LogP contribution is 2.25. The van der Waals surface area contributed by atoms with Gasteiger partial charge >= 0.3 is 12.6 Å². The molecule has 2 N–H and O–H groups in total. The van der Waals surface area contributed by atoms with Crippen LogP contribution in [0.4, 0.5) is 14.5 Å². The van der Waals surface area contributed by atoms with Crippen LogP contribution in [0.15, 0.2) is 40.6 Å². The third kappa shape index (κ3) is 5.79. The molecule has 1 aromatic carbocycles. The second-order valence-electron chi connectivity index (χ2n) is 4.98. The van der Waals surface area contributed by atoms with Gasteiger partial charge in [-0.1, -0.05) is 6.07 Å². The molecule has 0 bridgehead atoms. The van der Waals surface area contributed by atoms with Gasteiger partial charge in [0.1, 0.15) is 18.1 Å². The molecule has 0 aliphatic heterocycles. The molecule has 0 unspecified atom stereocenters. The van der Waals surface area contributed by atoms with Crippen LogP contribution in [0.25, 0.3) is 0 Å². The first-order valence-corrected chi connectivity index (χ1v) is 7.26. The first-order valence-electron chi connectivity index (χ1n) is 7.26. The second kappa shape index (κ2) is 8.67. The maximum absolute atomic E-state index is 12.4. The molecule has 0 saturated heterocycles. The van der Waals surface area contributed by atoms with Crippen molar-refractivity contribution < 1.29 is 18.3 Å². The van der Waals surface area contributed by atoms with Crippen LogP contribution in [-0.4, -0.2) is 35.1 Å². The van der Waals surface area contributed by atoms with Crippen LogP contribution in [0.1, 0.15) is 11.3 Å². The number of hydrogen-bond acceptors (Lipinski definition) is 7. The summed E-state index contributed by atoms with van der Waals surface area (Å²) in [5.41, 5.74) is 2.07. The molecule has 0 radical (unpaired) electrons. The smallest absolute Gasteiger partial charge is 0.387 e. The van der Waals surface area contributed by atoms with Gasteiger partial charge in [-0.05, 0) is 31.5 Å². The maximum Gasteiger partial charge on any atom is 0.387 e. The lowest BCUT2D eigenvalue weighted by Crippen LogP contribution is -2.16. The van der Waals surface area contributed by atoms with Gasteiger partial charge < -0.3 is 15.3 Å². The Kier molecular flexibility index (Phi) is 6.33. The van der Waals surface area contributed by atoms with Crippen LogP contribution in [-0.2, 0) is 0 Å². The van der Waals surface area contributed by atoms with Crippen LogP contribution in [0, 0.1) is 13.8 Å². The predicted octanol–water partition coefficient (Wildman–Crippen LogP) is 2.79. The fourth-order valence-electron chi connectivity index (χ4n) is 1.78. The summed E-state index contributed by atoms with van der Waals surface area (Å²) in [5.74, 6) is 5.36. The molecular weight excluding hydrogens is 332 g/mol. The third-order valence-corrected chi connectivity index (χ3v) is 3.04. The Balaban J connectivity index is 2.03. The van der Waals surface area contributed by atoms with E-state index in [4.69, 9.17) is 10.6 Å². The number of aliphatic imine (C=N–C) groups is 1. The van der Waals surface area contributed by atoms with E-state index in [1.807, 2.05) is 6.92 Å². The summed E-state index contributed by atoms with van der Waals surface area (Å²) < 4.78 is 34.5. The van der Waals surface area contributed by atoms with Crippen LogP contribution in [0.3, 0.4) is 0 Å². The predicted molar refractivity (Wildman–Crippen MR) is 89.8 cm³/mol. The highest BCUT2D eigenvalue weighted by Gasteiger charge is 2.08. The Hall–Kier alpha value is -3.10. The Bertz CT molecular complexity index is 781. The highest BCUT2D eigenvalue weighted by molar-refractivity contribution is 6.31. The highest BCUT2D eigenvalue weighted by atomic mass is 19.3. The second-order valence-corrected chi connectivity index (χ2v) is 4.98. The van der Waals surface area contributed by atoms with Gasteiger partial charge in [0.05, 0.1) is 11.9 Å². The monoisotopic (exact) mass is 349 g/mol. The molecule has 132 valence electrons. The first kappa shape index (κ1) is 18.2. The molecule has 2 rings (SSSR count). The number of ether oxygens (including phenoxy) is 2. The van der Waals surface area contributed by atoms with Crippen molar-refractivity contribution >= 4 is 17.6 Å². The zero-order chi connectivity index (χ0) is 18.2. The first-order chi connectivity index (χ1) is 12.0. The Morgan fingerprint density at radius 1 is 1.32 bits per heavy atom. The summed E-state index contributed by atoms with van der Waals surface area (Å²) in [6.45, 7) is 0.579. The van der Waals surface area contributed by atoms with Gasteiger partial charge in [-0.15, -0.1) is 0 Å². The summed E-state index contributed by atoms with van der Waals surface area (Å²) in [6, 6.07) is 6.61. The van der Waals surface area contributed by atoms with E-state index in [-0.39, 0.29) is 18.4 Å². The number of hydrogen-bond donors (Lipinski definition) is 1. The summed E-state index contributed by atoms with van der Waals surface area (Å²) in [6.07, 6.45) is 2.94. The minimum atomic E-state index is -2.90. The Labute approximate surface area is 143 Å². The quantitative estimate of drug-likeness (QED) is 0.471. The van der Waals surface area contributed by atoms with Gasteiger partial charge in [0.2, 0.25) is 0 Å². The van der Waals surface area contributed by atoms with Crippen LogP contribution >= 0.6 is 0 Å². The number of aryl methyl sites for hydroxylation is 2. The molecule has 1 aromatic heterocycles. The number of alkyl halides is 2. The van der Waals surface area contributed by atoms with E-state index < -0.39 is 6.61 Å². The van der Waals surface area contributed by atoms with Gasteiger partial charge in [-0.2, -0.15) is 13.9 Å². The zero-order valence-electron chi connectivity index (χ0n) is 13.7. The van der Waals surface area contributed by atoms with Crippen molar-refractivity contribution in [2.45, 2.75) is 20.5 Å². The summed E-state index contributed by atoms with van der Waals surface area (Å²) >= 11 is 0. The average molecular weight is 349 g/mol.